The van der Waals surface area contributed by atoms with Gasteiger partial charge >= 0.3 is 5.97 Å². The van der Waals surface area contributed by atoms with Gasteiger partial charge in [-0.25, -0.2) is 4.79 Å². The number of esters is 1. The molecule has 0 spiro atoms. The first kappa shape index (κ1) is 11.9. The number of hydrogen-bond acceptors (Lipinski definition) is 3. The molecule has 0 aliphatic heterocycles. The highest BCUT2D eigenvalue weighted by Crippen LogP contribution is 2.13. The minimum atomic E-state index is -0.880. The fourth-order valence-corrected chi connectivity index (χ4v) is 1.33. The number of hydrogen-bond donors (Lipinski definition) is 1. The molecule has 1 amide bonds. The number of carbonyl (C=O) groups is 2. The second-order valence-electron chi connectivity index (χ2n) is 3.25. The molecule has 1 N–H and O–H groups in total. The summed E-state index contributed by atoms with van der Waals surface area (Å²) in [6, 6.07) is 0. The molecule has 76 valence electrons. The van der Waals surface area contributed by atoms with E-state index in [0.29, 0.717) is 6.42 Å². The second-order valence-corrected chi connectivity index (χ2v) is 3.25. The zero-order valence-corrected chi connectivity index (χ0v) is 8.64. The molecule has 0 aliphatic carbocycles. The molecule has 0 saturated carbocycles. The summed E-state index contributed by atoms with van der Waals surface area (Å²) >= 11 is 0. The molecule has 0 rings (SSSR count). The molecule has 0 aromatic carbocycles. The van der Waals surface area contributed by atoms with Crippen molar-refractivity contribution in [3.05, 3.63) is 0 Å². The number of amides is 1. The number of carbonyl (C=O) groups excluding carboxylic acids is 2. The molecule has 13 heavy (non-hydrogen) atoms. The molecule has 0 bridgehead atoms. The van der Waals surface area contributed by atoms with Gasteiger partial charge in [-0.15, -0.1) is 0 Å². The predicted octanol–water partition coefficient (Wildman–Crippen LogP) is 0.854. The minimum absolute atomic E-state index is 0.221. The third-order valence-electron chi connectivity index (χ3n) is 1.84. The van der Waals surface area contributed by atoms with Crippen LogP contribution in [0.5, 0.6) is 0 Å². The number of methoxy groups -OCH3 is 1. The summed E-state index contributed by atoms with van der Waals surface area (Å²) in [6.45, 7) is 5.00. The summed E-state index contributed by atoms with van der Waals surface area (Å²) in [5, 5.41) is 2.59. The Kier molecular flexibility index (Phi) is 4.45. The van der Waals surface area contributed by atoms with Crippen LogP contribution in [0.15, 0.2) is 0 Å². The van der Waals surface area contributed by atoms with Gasteiger partial charge in [-0.1, -0.05) is 13.3 Å². The first-order valence-electron chi connectivity index (χ1n) is 4.33. The zero-order valence-electron chi connectivity index (χ0n) is 8.64. The van der Waals surface area contributed by atoms with Crippen LogP contribution in [-0.4, -0.2) is 24.5 Å². The monoisotopic (exact) mass is 187 g/mol. The molecule has 0 aromatic rings. The van der Waals surface area contributed by atoms with Crippen molar-refractivity contribution in [2.75, 3.05) is 7.11 Å². The van der Waals surface area contributed by atoms with Crippen molar-refractivity contribution in [3.63, 3.8) is 0 Å². The third kappa shape index (κ3) is 3.44. The van der Waals surface area contributed by atoms with Crippen LogP contribution in [0.1, 0.15) is 33.6 Å². The fraction of sp³-hybridized carbons (Fsp3) is 0.778. The van der Waals surface area contributed by atoms with Crippen LogP contribution in [0, 0.1) is 0 Å². The van der Waals surface area contributed by atoms with E-state index in [0.717, 1.165) is 6.42 Å². The van der Waals surface area contributed by atoms with Gasteiger partial charge in [-0.3, -0.25) is 4.79 Å². The average Bonchev–Trinajstić information content (AvgIpc) is 2.02. The molecule has 0 radical (unpaired) electrons. The molecule has 1 atom stereocenters. The lowest BCUT2D eigenvalue weighted by atomic mass is 9.96. The van der Waals surface area contributed by atoms with Crippen molar-refractivity contribution in [1.29, 1.82) is 0 Å². The van der Waals surface area contributed by atoms with Crippen LogP contribution in [0.4, 0.5) is 0 Å². The third-order valence-corrected chi connectivity index (χ3v) is 1.84. The van der Waals surface area contributed by atoms with Crippen molar-refractivity contribution < 1.29 is 14.3 Å². The lowest BCUT2D eigenvalue weighted by molar-refractivity contribution is -0.150. The van der Waals surface area contributed by atoms with E-state index in [2.05, 4.69) is 10.1 Å². The van der Waals surface area contributed by atoms with Crippen LogP contribution in [0.25, 0.3) is 0 Å². The molecular formula is C9H17NO3. The minimum Gasteiger partial charge on any atom is -0.467 e. The first-order valence-corrected chi connectivity index (χ1v) is 4.33. The summed E-state index contributed by atoms with van der Waals surface area (Å²) in [5.41, 5.74) is -0.880. The Morgan fingerprint density at radius 2 is 2.00 bits per heavy atom. The van der Waals surface area contributed by atoms with Gasteiger partial charge in [0.25, 0.3) is 0 Å². The normalized spacial score (nSPS) is 14.5. The van der Waals surface area contributed by atoms with Gasteiger partial charge in [0.05, 0.1) is 7.11 Å². The van der Waals surface area contributed by atoms with E-state index < -0.39 is 11.5 Å². The number of rotatable bonds is 4. The molecule has 4 heteroatoms. The predicted molar refractivity (Wildman–Crippen MR) is 49.1 cm³/mol. The molecular weight excluding hydrogens is 170 g/mol. The maximum atomic E-state index is 11.3. The van der Waals surface area contributed by atoms with E-state index in [1.807, 2.05) is 6.92 Å². The van der Waals surface area contributed by atoms with Crippen molar-refractivity contribution in [2.45, 2.75) is 39.2 Å². The molecule has 0 fully saturated rings. The van der Waals surface area contributed by atoms with E-state index in [9.17, 15) is 9.59 Å². The summed E-state index contributed by atoms with van der Waals surface area (Å²) in [5.74, 6) is -0.620. The van der Waals surface area contributed by atoms with Crippen molar-refractivity contribution in [2.24, 2.45) is 0 Å². The van der Waals surface area contributed by atoms with Crippen molar-refractivity contribution >= 4 is 11.9 Å². The second kappa shape index (κ2) is 4.84. The lowest BCUT2D eigenvalue weighted by Crippen LogP contribution is -2.52. The fourth-order valence-electron chi connectivity index (χ4n) is 1.33. The highest BCUT2D eigenvalue weighted by atomic mass is 16.5. The Labute approximate surface area is 78.6 Å². The van der Waals surface area contributed by atoms with Gasteiger partial charge in [0, 0.05) is 6.92 Å². The van der Waals surface area contributed by atoms with E-state index in [1.54, 1.807) is 6.92 Å². The topological polar surface area (TPSA) is 55.4 Å². The maximum Gasteiger partial charge on any atom is 0.331 e. The zero-order chi connectivity index (χ0) is 10.5. The SMILES string of the molecule is CCCC(C)(NC(C)=O)C(=O)OC. The van der Waals surface area contributed by atoms with Crippen LogP contribution in [-0.2, 0) is 14.3 Å². The van der Waals surface area contributed by atoms with Gasteiger partial charge in [0.2, 0.25) is 5.91 Å². The molecule has 4 nitrogen and oxygen atoms in total. The van der Waals surface area contributed by atoms with Crippen molar-refractivity contribution in [1.82, 2.24) is 5.32 Å². The van der Waals surface area contributed by atoms with Crippen LogP contribution >= 0.6 is 0 Å². The average molecular weight is 187 g/mol. The molecule has 0 aromatic heterocycles. The summed E-state index contributed by atoms with van der Waals surface area (Å²) in [4.78, 5) is 22.2. The van der Waals surface area contributed by atoms with E-state index in [1.165, 1.54) is 14.0 Å². The molecule has 0 aliphatic rings. The van der Waals surface area contributed by atoms with Gasteiger partial charge in [-0.2, -0.15) is 0 Å². The first-order chi connectivity index (χ1) is 5.96. The highest BCUT2D eigenvalue weighted by Gasteiger charge is 2.33. The lowest BCUT2D eigenvalue weighted by Gasteiger charge is -2.26. The Hall–Kier alpha value is -1.06. The van der Waals surface area contributed by atoms with Crippen LogP contribution < -0.4 is 5.32 Å². The molecule has 0 heterocycles. The number of ether oxygens (including phenoxy) is 1. The molecule has 0 saturated heterocycles. The summed E-state index contributed by atoms with van der Waals surface area (Å²) in [6.07, 6.45) is 1.39. The highest BCUT2D eigenvalue weighted by molar-refractivity contribution is 5.86. The Balaban J connectivity index is 4.50. The smallest absolute Gasteiger partial charge is 0.331 e. The van der Waals surface area contributed by atoms with E-state index in [4.69, 9.17) is 0 Å². The quantitative estimate of drug-likeness (QED) is 0.664. The van der Waals surface area contributed by atoms with Gasteiger partial charge in [0.15, 0.2) is 0 Å². The van der Waals surface area contributed by atoms with E-state index in [-0.39, 0.29) is 5.91 Å². The maximum absolute atomic E-state index is 11.3. The van der Waals surface area contributed by atoms with Gasteiger partial charge in [0.1, 0.15) is 5.54 Å². The standard InChI is InChI=1S/C9H17NO3/c1-5-6-9(3,8(12)13-4)10-7(2)11/h5-6H2,1-4H3,(H,10,11). The Morgan fingerprint density at radius 1 is 1.46 bits per heavy atom. The van der Waals surface area contributed by atoms with E-state index >= 15 is 0 Å². The van der Waals surface area contributed by atoms with Crippen LogP contribution in [0.2, 0.25) is 0 Å². The van der Waals surface area contributed by atoms with Crippen molar-refractivity contribution in [3.8, 4) is 0 Å². The summed E-state index contributed by atoms with van der Waals surface area (Å²) in [7, 11) is 1.32. The van der Waals surface area contributed by atoms with Gasteiger partial charge < -0.3 is 10.1 Å². The summed E-state index contributed by atoms with van der Waals surface area (Å²) < 4.78 is 4.62. The Bertz CT molecular complexity index is 203. The molecule has 1 unspecified atom stereocenters. The van der Waals surface area contributed by atoms with Crippen LogP contribution in [0.3, 0.4) is 0 Å². The van der Waals surface area contributed by atoms with Gasteiger partial charge in [-0.05, 0) is 13.3 Å². The number of nitrogens with one attached hydrogen (secondary N) is 1. The Morgan fingerprint density at radius 3 is 2.31 bits per heavy atom. The largest absolute Gasteiger partial charge is 0.467 e.